The van der Waals surface area contributed by atoms with Crippen LogP contribution in [0.3, 0.4) is 0 Å². The quantitative estimate of drug-likeness (QED) is 0.731. The van der Waals surface area contributed by atoms with Crippen LogP contribution in [0, 0.1) is 5.92 Å². The van der Waals surface area contributed by atoms with Gasteiger partial charge in [-0.3, -0.25) is 9.59 Å². The molecular formula is C12H12Cl2N2O4. The van der Waals surface area contributed by atoms with Crippen LogP contribution in [0.15, 0.2) is 12.1 Å². The van der Waals surface area contributed by atoms with Crippen LogP contribution in [0.25, 0.3) is 0 Å². The van der Waals surface area contributed by atoms with Gasteiger partial charge < -0.3 is 20.9 Å². The second-order valence-corrected chi connectivity index (χ2v) is 5.23. The number of nitrogens with two attached hydrogens (primary N) is 1. The number of carbonyl (C=O) groups excluding carboxylic acids is 1. The molecule has 1 aliphatic heterocycles. The highest BCUT2D eigenvalue weighted by Crippen LogP contribution is 2.29. The van der Waals surface area contributed by atoms with Crippen molar-refractivity contribution in [3.8, 4) is 0 Å². The molecule has 1 fully saturated rings. The summed E-state index contributed by atoms with van der Waals surface area (Å²) in [5.74, 6) is -2.25. The molecule has 2 rings (SSSR count). The average molecular weight is 319 g/mol. The highest BCUT2D eigenvalue weighted by atomic mass is 35.5. The van der Waals surface area contributed by atoms with Crippen molar-refractivity contribution in [1.29, 1.82) is 0 Å². The maximum Gasteiger partial charge on any atom is 0.311 e. The maximum absolute atomic E-state index is 12.1. The van der Waals surface area contributed by atoms with Gasteiger partial charge in [0.05, 0.1) is 35.0 Å². The number of carboxylic acids is 1. The Labute approximate surface area is 124 Å². The Hall–Kier alpha value is -1.50. The summed E-state index contributed by atoms with van der Waals surface area (Å²) in [6, 6.07) is 2.17. The Kier molecular flexibility index (Phi) is 4.37. The first kappa shape index (κ1) is 14.9. The largest absolute Gasteiger partial charge is 0.481 e. The van der Waals surface area contributed by atoms with Crippen LogP contribution in [0.1, 0.15) is 10.4 Å². The molecule has 1 aliphatic rings. The number of nitrogen functional groups attached to an aromatic ring is 1. The molecule has 0 saturated carbocycles. The minimum Gasteiger partial charge on any atom is -0.481 e. The van der Waals surface area contributed by atoms with E-state index in [4.69, 9.17) is 38.8 Å². The minimum absolute atomic E-state index is 0.0729. The molecule has 1 heterocycles. The summed E-state index contributed by atoms with van der Waals surface area (Å²) >= 11 is 11.7. The summed E-state index contributed by atoms with van der Waals surface area (Å²) in [7, 11) is 0. The van der Waals surface area contributed by atoms with Crippen molar-refractivity contribution in [2.24, 2.45) is 5.92 Å². The smallest absolute Gasteiger partial charge is 0.311 e. The van der Waals surface area contributed by atoms with E-state index in [9.17, 15) is 9.59 Å². The second-order valence-electron chi connectivity index (χ2n) is 4.42. The molecule has 2 unspecified atom stereocenters. The van der Waals surface area contributed by atoms with Gasteiger partial charge in [-0.05, 0) is 12.1 Å². The molecule has 1 aromatic carbocycles. The lowest BCUT2D eigenvalue weighted by molar-refractivity contribution is -0.142. The van der Waals surface area contributed by atoms with Crippen LogP contribution in [0.4, 0.5) is 5.69 Å². The van der Waals surface area contributed by atoms with E-state index in [0.29, 0.717) is 0 Å². The number of rotatable bonds is 3. The normalized spacial score (nSPS) is 21.7. The Balaban J connectivity index is 2.14. The van der Waals surface area contributed by atoms with Gasteiger partial charge in [0, 0.05) is 5.56 Å². The number of aliphatic carboxylic acids is 1. The van der Waals surface area contributed by atoms with Gasteiger partial charge >= 0.3 is 5.97 Å². The van der Waals surface area contributed by atoms with Crippen molar-refractivity contribution in [2.75, 3.05) is 18.9 Å². The number of nitrogens with one attached hydrogen (secondary N) is 1. The summed E-state index contributed by atoms with van der Waals surface area (Å²) in [5, 5.41) is 11.9. The van der Waals surface area contributed by atoms with E-state index in [1.807, 2.05) is 0 Å². The molecule has 1 saturated heterocycles. The van der Waals surface area contributed by atoms with Crippen LogP contribution < -0.4 is 11.1 Å². The molecular weight excluding hydrogens is 307 g/mol. The third-order valence-corrected chi connectivity index (χ3v) is 3.68. The first-order chi connectivity index (χ1) is 9.40. The first-order valence-electron chi connectivity index (χ1n) is 5.76. The lowest BCUT2D eigenvalue weighted by atomic mass is 10.0. The standard InChI is InChI=1S/C12H12Cl2N2O4/c13-7-1-5(2-8(14)10(7)15)11(17)16-9-4-20-3-6(9)12(18)19/h1-2,6,9H,3-4,15H2,(H,16,17)(H,18,19). The van der Waals surface area contributed by atoms with Gasteiger partial charge in [-0.25, -0.2) is 0 Å². The SMILES string of the molecule is Nc1c(Cl)cc(C(=O)NC2COCC2C(=O)O)cc1Cl. The molecule has 0 bridgehead atoms. The number of halogens is 2. The van der Waals surface area contributed by atoms with Gasteiger partial charge in [-0.2, -0.15) is 0 Å². The van der Waals surface area contributed by atoms with Gasteiger partial charge in [0.1, 0.15) is 5.92 Å². The van der Waals surface area contributed by atoms with Crippen molar-refractivity contribution in [3.63, 3.8) is 0 Å². The summed E-state index contributed by atoms with van der Waals surface area (Å²) in [4.78, 5) is 23.1. The highest BCUT2D eigenvalue weighted by Gasteiger charge is 2.35. The number of ether oxygens (including phenoxy) is 1. The summed E-state index contributed by atoms with van der Waals surface area (Å²) in [6.07, 6.45) is 0. The van der Waals surface area contributed by atoms with E-state index in [0.717, 1.165) is 0 Å². The molecule has 108 valence electrons. The average Bonchev–Trinajstić information content (AvgIpc) is 2.83. The number of benzene rings is 1. The van der Waals surface area contributed by atoms with Crippen molar-refractivity contribution in [1.82, 2.24) is 5.32 Å². The predicted octanol–water partition coefficient (Wildman–Crippen LogP) is 1.40. The van der Waals surface area contributed by atoms with E-state index in [1.165, 1.54) is 12.1 Å². The summed E-state index contributed by atoms with van der Waals surface area (Å²) in [6.45, 7) is 0.225. The first-order valence-corrected chi connectivity index (χ1v) is 6.51. The van der Waals surface area contributed by atoms with E-state index in [-0.39, 0.29) is 34.5 Å². The third-order valence-electron chi connectivity index (χ3n) is 3.06. The Morgan fingerprint density at radius 3 is 2.45 bits per heavy atom. The molecule has 20 heavy (non-hydrogen) atoms. The van der Waals surface area contributed by atoms with Crippen LogP contribution >= 0.6 is 23.2 Å². The molecule has 0 radical (unpaired) electrons. The van der Waals surface area contributed by atoms with Crippen LogP contribution in [0.5, 0.6) is 0 Å². The Morgan fingerprint density at radius 1 is 1.30 bits per heavy atom. The van der Waals surface area contributed by atoms with Gasteiger partial charge in [0.2, 0.25) is 0 Å². The molecule has 4 N–H and O–H groups in total. The maximum atomic E-state index is 12.1. The van der Waals surface area contributed by atoms with E-state index in [2.05, 4.69) is 5.32 Å². The summed E-state index contributed by atoms with van der Waals surface area (Å²) in [5.41, 5.74) is 5.99. The number of anilines is 1. The lowest BCUT2D eigenvalue weighted by Crippen LogP contribution is -2.42. The molecule has 0 aliphatic carbocycles. The van der Waals surface area contributed by atoms with Crippen molar-refractivity contribution in [3.05, 3.63) is 27.7 Å². The monoisotopic (exact) mass is 318 g/mol. The Morgan fingerprint density at radius 2 is 1.90 bits per heavy atom. The topological polar surface area (TPSA) is 102 Å². The molecule has 0 aromatic heterocycles. The molecule has 0 spiro atoms. The number of hydrogen-bond donors (Lipinski definition) is 3. The van der Waals surface area contributed by atoms with Gasteiger partial charge in [0.15, 0.2) is 0 Å². The van der Waals surface area contributed by atoms with Gasteiger partial charge in [-0.15, -0.1) is 0 Å². The minimum atomic E-state index is -1.01. The third kappa shape index (κ3) is 2.98. The van der Waals surface area contributed by atoms with Crippen molar-refractivity contribution >= 4 is 40.8 Å². The fourth-order valence-corrected chi connectivity index (χ4v) is 2.39. The zero-order valence-corrected chi connectivity index (χ0v) is 11.7. The van der Waals surface area contributed by atoms with E-state index < -0.39 is 23.8 Å². The zero-order valence-electron chi connectivity index (χ0n) is 10.2. The number of carboxylic acid groups (broad SMARTS) is 1. The predicted molar refractivity (Wildman–Crippen MR) is 74.1 cm³/mol. The molecule has 1 amide bonds. The van der Waals surface area contributed by atoms with Crippen LogP contribution in [-0.2, 0) is 9.53 Å². The highest BCUT2D eigenvalue weighted by molar-refractivity contribution is 6.39. The van der Waals surface area contributed by atoms with Gasteiger partial charge in [0.25, 0.3) is 5.91 Å². The summed E-state index contributed by atoms with van der Waals surface area (Å²) < 4.78 is 5.07. The van der Waals surface area contributed by atoms with Crippen molar-refractivity contribution in [2.45, 2.75) is 6.04 Å². The number of amides is 1. The lowest BCUT2D eigenvalue weighted by Gasteiger charge is -2.16. The zero-order chi connectivity index (χ0) is 14.9. The second kappa shape index (κ2) is 5.87. The number of carbonyl (C=O) groups is 2. The fraction of sp³-hybridized carbons (Fsp3) is 0.333. The van der Waals surface area contributed by atoms with Crippen LogP contribution in [-0.4, -0.2) is 36.2 Å². The van der Waals surface area contributed by atoms with E-state index in [1.54, 1.807) is 0 Å². The fourth-order valence-electron chi connectivity index (χ4n) is 1.91. The van der Waals surface area contributed by atoms with Crippen molar-refractivity contribution < 1.29 is 19.4 Å². The van der Waals surface area contributed by atoms with Crippen LogP contribution in [0.2, 0.25) is 10.0 Å². The van der Waals surface area contributed by atoms with Gasteiger partial charge in [-0.1, -0.05) is 23.2 Å². The molecule has 2 atom stereocenters. The molecule has 8 heteroatoms. The molecule has 6 nitrogen and oxygen atoms in total. The van der Waals surface area contributed by atoms with E-state index >= 15 is 0 Å². The number of hydrogen-bond acceptors (Lipinski definition) is 4. The molecule has 1 aromatic rings. The Bertz CT molecular complexity index is 541.